The van der Waals surface area contributed by atoms with E-state index in [4.69, 9.17) is 5.73 Å². The van der Waals surface area contributed by atoms with Crippen LogP contribution < -0.4 is 42.7 Å². The van der Waals surface area contributed by atoms with Crippen LogP contribution in [-0.4, -0.2) is 91.0 Å². The monoisotopic (exact) mass is 746 g/mol. The van der Waals surface area contributed by atoms with Gasteiger partial charge >= 0.3 is 0 Å². The summed E-state index contributed by atoms with van der Waals surface area (Å²) in [5.74, 6) is -6.09. The summed E-state index contributed by atoms with van der Waals surface area (Å²) in [6.45, 7) is -0.594. The second-order valence-electron chi connectivity index (χ2n) is 12.1. The summed E-state index contributed by atoms with van der Waals surface area (Å²) < 4.78 is 0. The Labute approximate surface area is 312 Å². The number of nitrogens with two attached hydrogens (primary N) is 1. The van der Waals surface area contributed by atoms with Crippen LogP contribution in [0.5, 0.6) is 0 Å². The smallest absolute Gasteiger partial charge is 0.244 e. The number of hydrogen-bond acceptors (Lipinski definition) is 10. The van der Waals surface area contributed by atoms with Gasteiger partial charge in [-0.3, -0.25) is 28.8 Å². The maximum Gasteiger partial charge on any atom is 0.244 e. The molecule has 5 atom stereocenters. The van der Waals surface area contributed by atoms with E-state index in [2.05, 4.69) is 44.5 Å². The number of thiol groups is 1. The van der Waals surface area contributed by atoms with Crippen LogP contribution in [0.3, 0.4) is 0 Å². The first-order valence-corrected chi connectivity index (χ1v) is 17.4. The molecule has 0 aromatic heterocycles. The first kappa shape index (κ1) is 41.7. The average molecular weight is 747 g/mol. The Morgan fingerprint density at radius 2 is 0.981 bits per heavy atom. The summed E-state index contributed by atoms with van der Waals surface area (Å²) in [6.07, 6.45) is -0.471. The zero-order valence-corrected chi connectivity index (χ0v) is 30.0. The number of carboxylic acid groups (broad SMARTS) is 1. The number of hydrogen-bond donors (Lipinski definition) is 8. The maximum atomic E-state index is 13.6. The second kappa shape index (κ2) is 21.6. The number of rotatable bonds is 21. The Hall–Kier alpha value is -5.74. The van der Waals surface area contributed by atoms with E-state index in [1.165, 1.54) is 7.05 Å². The third-order valence-electron chi connectivity index (χ3n) is 8.07. The highest BCUT2D eigenvalue weighted by Gasteiger charge is 2.30. The van der Waals surface area contributed by atoms with Crippen LogP contribution in [0, 0.1) is 0 Å². The molecule has 0 fully saturated rings. The topological polar surface area (TPSA) is 241 Å². The van der Waals surface area contributed by atoms with E-state index in [9.17, 15) is 38.7 Å². The fraction of sp³-hybridized carbons (Fsp3) is 0.324. The number of carbonyl (C=O) groups excluding carboxylic acids is 7. The molecular formula is C37H44N7O8S-. The number of likely N-dealkylation sites (N-methyl/N-ethyl adjacent to an activating group) is 1. The molecule has 53 heavy (non-hydrogen) atoms. The molecule has 6 amide bonds. The minimum absolute atomic E-state index is 0.0156. The van der Waals surface area contributed by atoms with Crippen molar-refractivity contribution in [2.24, 2.45) is 5.73 Å². The molecule has 0 saturated heterocycles. The van der Waals surface area contributed by atoms with Gasteiger partial charge in [-0.2, -0.15) is 12.6 Å². The lowest BCUT2D eigenvalue weighted by Gasteiger charge is -2.24. The molecular weight excluding hydrogens is 703 g/mol. The minimum Gasteiger partial charge on any atom is -0.550 e. The van der Waals surface area contributed by atoms with Crippen molar-refractivity contribution in [3.63, 3.8) is 0 Å². The summed E-state index contributed by atoms with van der Waals surface area (Å²) in [5.41, 5.74) is 7.67. The van der Waals surface area contributed by atoms with Crippen LogP contribution in [0.25, 0.3) is 0 Å². The van der Waals surface area contributed by atoms with E-state index in [1.807, 2.05) is 0 Å². The van der Waals surface area contributed by atoms with Gasteiger partial charge in [0.05, 0.1) is 12.6 Å². The van der Waals surface area contributed by atoms with Crippen LogP contribution in [-0.2, 0) is 52.8 Å². The molecule has 0 bridgehead atoms. The van der Waals surface area contributed by atoms with Crippen LogP contribution in [0.2, 0.25) is 0 Å². The van der Waals surface area contributed by atoms with Gasteiger partial charge in [-0.15, -0.1) is 0 Å². The number of aliphatic carboxylic acids is 1. The first-order valence-electron chi connectivity index (χ1n) is 16.8. The van der Waals surface area contributed by atoms with Crippen molar-refractivity contribution < 1.29 is 38.7 Å². The standard InChI is InChI=1S/C37H45N7O8S/c1-39-27(20-32(46)47)35(50)43-28(18-24-13-7-3-8-14-24)34(49)40-21-31(45)41-29(19-25-15-9-4-10-16-25)36(51)44-30(22-53)37(52)42-26(33(38)48)17-23-11-5-2-6-12-23/h2-16,26-30,39,53H,17-22H2,1H3,(H2,38,48)(H,40,49)(H,41,45)(H,42,52)(H,43,50)(H,44,51)(H,46,47)/p-1/t26-,27-,28?,29-,30-/m0/s1. The van der Waals surface area contributed by atoms with Gasteiger partial charge in [-0.05, 0) is 23.7 Å². The summed E-state index contributed by atoms with van der Waals surface area (Å²) in [6, 6.07) is 20.5. The largest absolute Gasteiger partial charge is 0.550 e. The predicted octanol–water partition coefficient (Wildman–Crippen LogP) is -2.09. The van der Waals surface area contributed by atoms with Gasteiger partial charge in [0.1, 0.15) is 24.2 Å². The molecule has 282 valence electrons. The zero-order chi connectivity index (χ0) is 38.8. The number of carbonyl (C=O) groups is 7. The lowest BCUT2D eigenvalue weighted by molar-refractivity contribution is -0.306. The molecule has 0 radical (unpaired) electrons. The fourth-order valence-electron chi connectivity index (χ4n) is 5.23. The molecule has 16 heteroatoms. The summed E-state index contributed by atoms with van der Waals surface area (Å²) in [4.78, 5) is 89.4. The highest BCUT2D eigenvalue weighted by Crippen LogP contribution is 2.08. The molecule has 0 saturated carbocycles. The average Bonchev–Trinajstić information content (AvgIpc) is 3.15. The van der Waals surface area contributed by atoms with E-state index in [1.54, 1.807) is 91.0 Å². The van der Waals surface area contributed by atoms with Gasteiger partial charge in [-0.1, -0.05) is 91.0 Å². The van der Waals surface area contributed by atoms with Gasteiger partial charge in [-0.25, -0.2) is 0 Å². The molecule has 0 aliphatic rings. The Balaban J connectivity index is 1.70. The van der Waals surface area contributed by atoms with Crippen molar-refractivity contribution in [1.29, 1.82) is 0 Å². The second-order valence-corrected chi connectivity index (χ2v) is 12.5. The molecule has 3 aromatic rings. The van der Waals surface area contributed by atoms with E-state index in [-0.39, 0.29) is 25.0 Å². The van der Waals surface area contributed by atoms with Crippen molar-refractivity contribution in [3.05, 3.63) is 108 Å². The molecule has 0 aliphatic heterocycles. The number of amides is 6. The van der Waals surface area contributed by atoms with Crippen LogP contribution in [0.4, 0.5) is 0 Å². The van der Waals surface area contributed by atoms with E-state index in [0.29, 0.717) is 11.1 Å². The Kier molecular flexibility index (Phi) is 17.0. The van der Waals surface area contributed by atoms with E-state index < -0.39 is 84.6 Å². The lowest BCUT2D eigenvalue weighted by Crippen LogP contribution is -2.58. The quantitative estimate of drug-likeness (QED) is 0.0557. The fourth-order valence-corrected chi connectivity index (χ4v) is 5.49. The molecule has 0 aliphatic carbocycles. The third-order valence-corrected chi connectivity index (χ3v) is 8.43. The first-order chi connectivity index (χ1) is 25.4. The Morgan fingerprint density at radius 3 is 1.42 bits per heavy atom. The van der Waals surface area contributed by atoms with Crippen LogP contribution in [0.1, 0.15) is 23.1 Å². The third kappa shape index (κ3) is 14.4. The van der Waals surface area contributed by atoms with Gasteiger partial charge < -0.3 is 47.5 Å². The summed E-state index contributed by atoms with van der Waals surface area (Å²) in [5, 5.41) is 26.4. The molecule has 3 rings (SSSR count). The van der Waals surface area contributed by atoms with Crippen molar-refractivity contribution in [1.82, 2.24) is 31.9 Å². The minimum atomic E-state index is -1.46. The highest BCUT2D eigenvalue weighted by atomic mass is 32.1. The van der Waals surface area contributed by atoms with E-state index in [0.717, 1.165) is 5.56 Å². The van der Waals surface area contributed by atoms with Crippen LogP contribution >= 0.6 is 12.6 Å². The summed E-state index contributed by atoms with van der Waals surface area (Å²) >= 11 is 4.22. The molecule has 8 N–H and O–H groups in total. The summed E-state index contributed by atoms with van der Waals surface area (Å²) in [7, 11) is 1.39. The van der Waals surface area contributed by atoms with Gasteiger partial charge in [0, 0.05) is 37.4 Å². The van der Waals surface area contributed by atoms with Crippen molar-refractivity contribution in [3.8, 4) is 0 Å². The van der Waals surface area contributed by atoms with E-state index >= 15 is 0 Å². The number of nitrogens with one attached hydrogen (secondary N) is 6. The van der Waals surface area contributed by atoms with Gasteiger partial charge in [0.2, 0.25) is 35.4 Å². The molecule has 0 spiro atoms. The van der Waals surface area contributed by atoms with Crippen molar-refractivity contribution >= 4 is 54.0 Å². The molecule has 15 nitrogen and oxygen atoms in total. The predicted molar refractivity (Wildman–Crippen MR) is 197 cm³/mol. The SMILES string of the molecule is CN[C@@H](CC(=O)[O-])C(=O)NC(Cc1ccccc1)C(=O)NCC(=O)N[C@@H](Cc1ccccc1)C(=O)N[C@@H](CS)C(=O)N[C@@H](Cc1ccccc1)C(N)=O. The number of carboxylic acids is 1. The van der Waals surface area contributed by atoms with Crippen LogP contribution in [0.15, 0.2) is 91.0 Å². The Bertz CT molecular complexity index is 1700. The molecule has 1 unspecified atom stereocenters. The van der Waals surface area contributed by atoms with Gasteiger partial charge in [0.25, 0.3) is 0 Å². The van der Waals surface area contributed by atoms with Crippen molar-refractivity contribution in [2.75, 3.05) is 19.3 Å². The normalized spacial score (nSPS) is 13.5. The maximum absolute atomic E-state index is 13.6. The molecule has 0 heterocycles. The van der Waals surface area contributed by atoms with Gasteiger partial charge in [0.15, 0.2) is 0 Å². The zero-order valence-electron chi connectivity index (χ0n) is 29.1. The lowest BCUT2D eigenvalue weighted by atomic mass is 10.0. The Morgan fingerprint density at radius 1 is 0.585 bits per heavy atom. The number of primary amides is 1. The number of benzene rings is 3. The highest BCUT2D eigenvalue weighted by molar-refractivity contribution is 7.80. The van der Waals surface area contributed by atoms with Crippen molar-refractivity contribution in [2.45, 2.75) is 55.9 Å². The molecule has 3 aromatic carbocycles.